The van der Waals surface area contributed by atoms with E-state index in [0.717, 1.165) is 25.7 Å². The number of rotatable bonds is 4. The second-order valence-corrected chi connectivity index (χ2v) is 4.31. The van der Waals surface area contributed by atoms with E-state index in [-0.39, 0.29) is 0 Å². The molecule has 3 heteroatoms. The Morgan fingerprint density at radius 3 is 2.67 bits per heavy atom. The third-order valence-corrected chi connectivity index (χ3v) is 3.38. The molecule has 1 rings (SSSR count). The van der Waals surface area contributed by atoms with Crippen molar-refractivity contribution >= 4 is 11.8 Å². The standard InChI is InChI=1S/C9H19NOS/c1-12-7-9(6-10)8-2-4-11-5-3-8/h8-9H,2-7,10H2,1H3. The highest BCUT2D eigenvalue weighted by Crippen LogP contribution is 2.25. The van der Waals surface area contributed by atoms with Gasteiger partial charge in [-0.25, -0.2) is 0 Å². The first kappa shape index (κ1) is 10.4. The molecule has 1 heterocycles. The highest BCUT2D eigenvalue weighted by atomic mass is 32.2. The van der Waals surface area contributed by atoms with E-state index in [4.69, 9.17) is 10.5 Å². The second kappa shape index (κ2) is 5.84. The molecule has 1 atom stereocenters. The highest BCUT2D eigenvalue weighted by molar-refractivity contribution is 7.98. The molecule has 1 saturated heterocycles. The van der Waals surface area contributed by atoms with Crippen molar-refractivity contribution in [3.63, 3.8) is 0 Å². The summed E-state index contributed by atoms with van der Waals surface area (Å²) in [6.45, 7) is 2.72. The van der Waals surface area contributed by atoms with Gasteiger partial charge in [-0.15, -0.1) is 0 Å². The Labute approximate surface area is 79.2 Å². The molecular formula is C9H19NOS. The minimum Gasteiger partial charge on any atom is -0.381 e. The average molecular weight is 189 g/mol. The van der Waals surface area contributed by atoms with E-state index in [1.165, 1.54) is 18.6 Å². The molecule has 72 valence electrons. The maximum Gasteiger partial charge on any atom is 0.0468 e. The Morgan fingerprint density at radius 1 is 1.50 bits per heavy atom. The minimum absolute atomic E-state index is 0.712. The Hall–Kier alpha value is 0.270. The quantitative estimate of drug-likeness (QED) is 0.725. The van der Waals surface area contributed by atoms with Crippen LogP contribution in [0.4, 0.5) is 0 Å². The summed E-state index contributed by atoms with van der Waals surface area (Å²) in [4.78, 5) is 0. The Bertz CT molecular complexity index is 112. The fraction of sp³-hybridized carbons (Fsp3) is 1.00. The van der Waals surface area contributed by atoms with Crippen molar-refractivity contribution in [2.45, 2.75) is 12.8 Å². The molecule has 0 amide bonds. The largest absolute Gasteiger partial charge is 0.381 e. The van der Waals surface area contributed by atoms with Gasteiger partial charge in [0.2, 0.25) is 0 Å². The third-order valence-electron chi connectivity index (χ3n) is 2.62. The Morgan fingerprint density at radius 2 is 2.17 bits per heavy atom. The van der Waals surface area contributed by atoms with Gasteiger partial charge >= 0.3 is 0 Å². The normalized spacial score (nSPS) is 22.5. The van der Waals surface area contributed by atoms with Crippen molar-refractivity contribution in [1.29, 1.82) is 0 Å². The topological polar surface area (TPSA) is 35.2 Å². The van der Waals surface area contributed by atoms with Crippen LogP contribution >= 0.6 is 11.8 Å². The molecule has 12 heavy (non-hydrogen) atoms. The first-order chi connectivity index (χ1) is 5.88. The van der Waals surface area contributed by atoms with E-state index in [0.29, 0.717) is 5.92 Å². The zero-order valence-corrected chi connectivity index (χ0v) is 8.61. The zero-order valence-electron chi connectivity index (χ0n) is 7.79. The summed E-state index contributed by atoms with van der Waals surface area (Å²) >= 11 is 1.91. The van der Waals surface area contributed by atoms with Gasteiger partial charge < -0.3 is 10.5 Å². The summed E-state index contributed by atoms with van der Waals surface area (Å²) in [5.41, 5.74) is 5.74. The molecule has 0 radical (unpaired) electrons. The minimum atomic E-state index is 0.712. The molecule has 1 fully saturated rings. The number of nitrogens with two attached hydrogens (primary N) is 1. The van der Waals surface area contributed by atoms with Crippen LogP contribution in [0.3, 0.4) is 0 Å². The van der Waals surface area contributed by atoms with Crippen molar-refractivity contribution in [3.05, 3.63) is 0 Å². The molecule has 1 aliphatic rings. The van der Waals surface area contributed by atoms with Crippen LogP contribution < -0.4 is 5.73 Å². The predicted molar refractivity (Wildman–Crippen MR) is 54.5 cm³/mol. The number of ether oxygens (including phenoxy) is 1. The number of hydrogen-bond donors (Lipinski definition) is 1. The number of thioether (sulfide) groups is 1. The fourth-order valence-electron chi connectivity index (χ4n) is 1.80. The third kappa shape index (κ3) is 2.96. The van der Waals surface area contributed by atoms with Gasteiger partial charge in [0.15, 0.2) is 0 Å². The maximum absolute atomic E-state index is 5.74. The van der Waals surface area contributed by atoms with Crippen molar-refractivity contribution in [3.8, 4) is 0 Å². The van der Waals surface area contributed by atoms with Crippen molar-refractivity contribution in [1.82, 2.24) is 0 Å². The SMILES string of the molecule is CSCC(CN)C1CCOCC1. The van der Waals surface area contributed by atoms with Crippen LogP contribution in [-0.4, -0.2) is 31.8 Å². The summed E-state index contributed by atoms with van der Waals surface area (Å²) in [5, 5.41) is 0. The monoisotopic (exact) mass is 189 g/mol. The summed E-state index contributed by atoms with van der Waals surface area (Å²) in [7, 11) is 0. The van der Waals surface area contributed by atoms with Gasteiger partial charge in [0.1, 0.15) is 0 Å². The Kier molecular flexibility index (Phi) is 5.04. The van der Waals surface area contributed by atoms with Crippen LogP contribution in [0, 0.1) is 11.8 Å². The molecule has 0 saturated carbocycles. The summed E-state index contributed by atoms with van der Waals surface area (Å²) < 4.78 is 5.32. The van der Waals surface area contributed by atoms with Crippen LogP contribution in [0.15, 0.2) is 0 Å². The first-order valence-electron chi connectivity index (χ1n) is 4.65. The van der Waals surface area contributed by atoms with E-state index < -0.39 is 0 Å². The highest BCUT2D eigenvalue weighted by Gasteiger charge is 2.22. The lowest BCUT2D eigenvalue weighted by atomic mass is 9.87. The first-order valence-corrected chi connectivity index (χ1v) is 6.04. The van der Waals surface area contributed by atoms with E-state index in [1.807, 2.05) is 11.8 Å². The summed E-state index contributed by atoms with van der Waals surface area (Å²) in [6.07, 6.45) is 4.58. The zero-order chi connectivity index (χ0) is 8.81. The fourth-order valence-corrected chi connectivity index (χ4v) is 2.63. The maximum atomic E-state index is 5.74. The molecule has 0 spiro atoms. The van der Waals surface area contributed by atoms with Gasteiger partial charge in [0.25, 0.3) is 0 Å². The van der Waals surface area contributed by atoms with Crippen molar-refractivity contribution < 1.29 is 4.74 Å². The molecule has 2 N–H and O–H groups in total. The van der Waals surface area contributed by atoms with Crippen molar-refractivity contribution in [2.75, 3.05) is 31.8 Å². The Balaban J connectivity index is 2.29. The molecule has 0 aromatic rings. The summed E-state index contributed by atoms with van der Waals surface area (Å²) in [5.74, 6) is 2.74. The van der Waals surface area contributed by atoms with E-state index >= 15 is 0 Å². The van der Waals surface area contributed by atoms with Gasteiger partial charge in [0.05, 0.1) is 0 Å². The lowest BCUT2D eigenvalue weighted by molar-refractivity contribution is 0.0515. The van der Waals surface area contributed by atoms with Crippen molar-refractivity contribution in [2.24, 2.45) is 17.6 Å². The molecule has 0 bridgehead atoms. The van der Waals surface area contributed by atoms with Gasteiger partial charge in [0, 0.05) is 13.2 Å². The van der Waals surface area contributed by atoms with E-state index in [9.17, 15) is 0 Å². The van der Waals surface area contributed by atoms with Gasteiger partial charge in [-0.2, -0.15) is 11.8 Å². The molecule has 2 nitrogen and oxygen atoms in total. The van der Waals surface area contributed by atoms with Gasteiger partial charge in [-0.3, -0.25) is 0 Å². The van der Waals surface area contributed by atoms with Crippen LogP contribution in [0.2, 0.25) is 0 Å². The van der Waals surface area contributed by atoms with E-state index in [2.05, 4.69) is 6.26 Å². The molecule has 0 aromatic heterocycles. The molecule has 0 aliphatic carbocycles. The molecule has 1 unspecified atom stereocenters. The lowest BCUT2D eigenvalue weighted by Crippen LogP contribution is -2.30. The number of hydrogen-bond acceptors (Lipinski definition) is 3. The van der Waals surface area contributed by atoms with Gasteiger partial charge in [-0.05, 0) is 43.2 Å². The molecule has 0 aromatic carbocycles. The second-order valence-electron chi connectivity index (χ2n) is 3.40. The smallest absolute Gasteiger partial charge is 0.0468 e. The van der Waals surface area contributed by atoms with Crippen LogP contribution in [0.25, 0.3) is 0 Å². The van der Waals surface area contributed by atoms with Crippen LogP contribution in [0.5, 0.6) is 0 Å². The van der Waals surface area contributed by atoms with Gasteiger partial charge in [-0.1, -0.05) is 0 Å². The van der Waals surface area contributed by atoms with E-state index in [1.54, 1.807) is 0 Å². The van der Waals surface area contributed by atoms with Crippen LogP contribution in [-0.2, 0) is 4.74 Å². The molecule has 1 aliphatic heterocycles. The molecular weight excluding hydrogens is 170 g/mol. The lowest BCUT2D eigenvalue weighted by Gasteiger charge is -2.28. The van der Waals surface area contributed by atoms with Crippen LogP contribution in [0.1, 0.15) is 12.8 Å². The predicted octanol–water partition coefficient (Wildman–Crippen LogP) is 1.35. The average Bonchev–Trinajstić information content (AvgIpc) is 2.15. The summed E-state index contributed by atoms with van der Waals surface area (Å²) in [6, 6.07) is 0.